The largest absolute Gasteiger partial charge is 0.310 e. The Labute approximate surface area is 347 Å². The Morgan fingerprint density at radius 1 is 0.491 bits per heavy atom. The Morgan fingerprint density at radius 3 is 1.92 bits per heavy atom. The van der Waals surface area contributed by atoms with Crippen LogP contribution in [0.4, 0.5) is 17.1 Å². The van der Waals surface area contributed by atoms with Gasteiger partial charge in [-0.05, 0) is 111 Å². The smallest absolute Gasteiger partial charge is 0.0651 e. The van der Waals surface area contributed by atoms with E-state index in [0.717, 1.165) is 11.2 Å². The quantitative estimate of drug-likeness (QED) is 0.167. The van der Waals surface area contributed by atoms with Gasteiger partial charge in [-0.25, -0.2) is 0 Å². The second kappa shape index (κ2) is 12.3. The van der Waals surface area contributed by atoms with Crippen molar-refractivity contribution in [2.75, 3.05) is 4.90 Å². The van der Waals surface area contributed by atoms with E-state index < -0.39 is 196 Å². The van der Waals surface area contributed by atoms with Crippen molar-refractivity contribution in [3.05, 3.63) is 205 Å². The Hall–Kier alpha value is -6.64. The number of benzene rings is 8. The molecule has 0 atom stereocenters. The number of fused-ring (bicyclic) bond motifs is 6. The number of hydrogen-bond donors (Lipinski definition) is 0. The van der Waals surface area contributed by atoms with E-state index in [1.165, 1.54) is 6.07 Å². The normalized spacial score (nSPS) is 20.3. The number of nitrogens with zero attached hydrogens (tertiary/aromatic N) is 2. The predicted octanol–water partition coefficient (Wildman–Crippen LogP) is 13.9. The first-order valence-corrected chi connectivity index (χ1v) is 16.3. The van der Waals surface area contributed by atoms with Gasteiger partial charge in [0.15, 0.2) is 0 Å². The molecular weight excluding hydrogens is 641 g/mol. The van der Waals surface area contributed by atoms with Gasteiger partial charge in [-0.3, -0.25) is 0 Å². The van der Waals surface area contributed by atoms with E-state index in [4.69, 9.17) is 23.3 Å². The lowest BCUT2D eigenvalue weighted by Crippen LogP contribution is -2.16. The average Bonchev–Trinajstić information content (AvgIpc) is 3.50. The molecule has 1 aromatic heterocycles. The van der Waals surface area contributed by atoms with Crippen LogP contribution in [-0.2, 0) is 5.41 Å². The third kappa shape index (κ3) is 5.10. The van der Waals surface area contributed by atoms with Crippen LogP contribution in [0.1, 0.15) is 60.5 Å². The molecule has 0 saturated heterocycles. The summed E-state index contributed by atoms with van der Waals surface area (Å²) in [6.07, 6.45) is 0. The fraction of sp³-hybridized carbons (Fsp3) is 0.0588. The lowest BCUT2D eigenvalue weighted by Gasteiger charge is -2.29. The minimum Gasteiger partial charge on any atom is -0.310 e. The lowest BCUT2D eigenvalue weighted by molar-refractivity contribution is 0.660. The molecule has 0 unspecified atom stereocenters. The molecule has 8 aromatic carbocycles. The summed E-state index contributed by atoms with van der Waals surface area (Å²) in [5.74, 6) is 0. The van der Waals surface area contributed by atoms with Gasteiger partial charge in [0.1, 0.15) is 0 Å². The third-order valence-electron chi connectivity index (χ3n) is 9.11. The molecule has 1 aliphatic rings. The van der Waals surface area contributed by atoms with Gasteiger partial charge in [0.05, 0.1) is 38.4 Å². The summed E-state index contributed by atoms with van der Waals surface area (Å²) in [5.41, 5.74) is -11.1. The summed E-state index contributed by atoms with van der Waals surface area (Å²) in [6.45, 7) is -7.86. The molecule has 0 saturated carbocycles. The van der Waals surface area contributed by atoms with E-state index in [2.05, 4.69) is 0 Å². The molecule has 0 fully saturated rings. The Bertz CT molecular complexity index is 4140. The standard InChI is InChI=1S/C51H38N2/c1-51(2)47-25-11-9-23-43(47)44-29-28-42(34-48(44)51)52(40-21-13-17-36(31-40)35-15-5-3-6-16-35)41-22-14-18-37(32-41)38-27-30-50-46(33-38)45-24-10-12-26-49(45)53(50)39-19-7-4-8-20-39/h3-34H,1-2H3/i1D3,2D3,3D,5D,6D,9D,11D,13D,14D,15D,16D,17D,18D,21D,22D,23D,25D,28D,29D,31D,32D,34D. The number of rotatable bonds is 6. The van der Waals surface area contributed by atoms with Crippen LogP contribution in [0.5, 0.6) is 0 Å². The van der Waals surface area contributed by atoms with Crippen LogP contribution in [0, 0.1) is 0 Å². The highest BCUT2D eigenvalue weighted by Gasteiger charge is 2.35. The summed E-state index contributed by atoms with van der Waals surface area (Å²) in [5, 5.41) is 1.25. The van der Waals surface area contributed by atoms with Crippen LogP contribution in [0.2, 0.25) is 0 Å². The van der Waals surface area contributed by atoms with E-state index in [0.29, 0.717) is 21.2 Å². The van der Waals surface area contributed by atoms with Crippen molar-refractivity contribution < 1.29 is 35.6 Å². The molecule has 0 aliphatic heterocycles. The zero-order valence-corrected chi connectivity index (χ0v) is 27.3. The van der Waals surface area contributed by atoms with E-state index >= 15 is 0 Å². The van der Waals surface area contributed by atoms with Crippen LogP contribution >= 0.6 is 0 Å². The molecule has 0 amide bonds. The van der Waals surface area contributed by atoms with Crippen LogP contribution in [0.25, 0.3) is 60.9 Å². The van der Waals surface area contributed by atoms with Crippen molar-refractivity contribution >= 4 is 38.9 Å². The van der Waals surface area contributed by atoms with E-state index in [1.54, 1.807) is 18.2 Å². The maximum atomic E-state index is 10.1. The number of anilines is 3. The van der Waals surface area contributed by atoms with Gasteiger partial charge in [0.25, 0.3) is 0 Å². The Balaban J connectivity index is 1.41. The van der Waals surface area contributed by atoms with Crippen LogP contribution in [0.3, 0.4) is 0 Å². The average molecular weight is 705 g/mol. The second-order valence-corrected chi connectivity index (χ2v) is 12.2. The topological polar surface area (TPSA) is 8.17 Å². The summed E-state index contributed by atoms with van der Waals surface area (Å²) in [6, 6.07) is -0.136. The SMILES string of the molecule is [2H]c1c([2H])c([2H])c(-c2c([2H])c([2H])c([2H])c(N(c3c([2H])c([2H])c([2H])c(-c4ccc5c(c4)c4ccccc4n5-c4ccccc4)c3[2H])c3c([2H])c([2H])c4c(c3[2H])C(C([2H])([2H])[2H])(C([2H])([2H])[2H])c3c([2H])c([2H])c([2H])c([2H])c3-4)c2[2H])c([2H])c1[2H]. The first-order valence-electron chi connectivity index (χ1n) is 29.3. The molecule has 0 radical (unpaired) electrons. The maximum Gasteiger partial charge on any atom is 0.0651 e. The van der Waals surface area contributed by atoms with E-state index in [-0.39, 0.29) is 5.56 Å². The van der Waals surface area contributed by atoms with Gasteiger partial charge in [-0.1, -0.05) is 141 Å². The van der Waals surface area contributed by atoms with Gasteiger partial charge < -0.3 is 9.47 Å². The zero-order chi connectivity index (χ0) is 57.9. The van der Waals surface area contributed by atoms with Crippen LogP contribution < -0.4 is 4.90 Å². The van der Waals surface area contributed by atoms with E-state index in [1.807, 2.05) is 53.1 Å². The highest BCUT2D eigenvalue weighted by Crippen LogP contribution is 2.51. The van der Waals surface area contributed by atoms with Gasteiger partial charge in [0.2, 0.25) is 0 Å². The first-order chi connectivity index (χ1) is 36.9. The fourth-order valence-corrected chi connectivity index (χ4v) is 6.74. The molecule has 2 nitrogen and oxygen atoms in total. The Morgan fingerprint density at radius 2 is 1.13 bits per heavy atom. The molecule has 2 heteroatoms. The minimum atomic E-state index is -3.93. The molecule has 1 heterocycles. The van der Waals surface area contributed by atoms with Crippen molar-refractivity contribution in [1.82, 2.24) is 4.57 Å². The van der Waals surface area contributed by atoms with E-state index in [9.17, 15) is 12.3 Å². The number of para-hydroxylation sites is 2. The highest BCUT2D eigenvalue weighted by atomic mass is 15.1. The molecule has 1 aliphatic carbocycles. The van der Waals surface area contributed by atoms with Crippen molar-refractivity contribution in [2.45, 2.75) is 19.1 Å². The fourth-order valence-electron chi connectivity index (χ4n) is 6.74. The van der Waals surface area contributed by atoms with Crippen molar-refractivity contribution in [2.24, 2.45) is 0 Å². The monoisotopic (exact) mass is 704 g/mol. The van der Waals surface area contributed by atoms with Crippen molar-refractivity contribution in [3.63, 3.8) is 0 Å². The molecule has 0 spiro atoms. The van der Waals surface area contributed by atoms with Crippen molar-refractivity contribution in [1.29, 1.82) is 0 Å². The third-order valence-corrected chi connectivity index (χ3v) is 9.11. The van der Waals surface area contributed by atoms with Gasteiger partial charge in [-0.2, -0.15) is 0 Å². The van der Waals surface area contributed by atoms with Gasteiger partial charge >= 0.3 is 0 Å². The zero-order valence-electron chi connectivity index (χ0n) is 53.3. The minimum absolute atomic E-state index is 0.0443. The Kier molecular flexibility index (Phi) is 3.33. The summed E-state index contributed by atoms with van der Waals surface area (Å²) in [7, 11) is 0. The first kappa shape index (κ1) is 14.4. The molecule has 252 valence electrons. The van der Waals surface area contributed by atoms with Crippen LogP contribution in [0.15, 0.2) is 194 Å². The maximum absolute atomic E-state index is 10.1. The lowest BCUT2D eigenvalue weighted by atomic mass is 9.82. The molecular formula is C51H38N2. The predicted molar refractivity (Wildman–Crippen MR) is 224 cm³/mol. The summed E-state index contributed by atoms with van der Waals surface area (Å²) >= 11 is 0. The second-order valence-electron chi connectivity index (χ2n) is 12.2. The van der Waals surface area contributed by atoms with Crippen molar-refractivity contribution in [3.8, 4) is 39.1 Å². The molecule has 0 bridgehead atoms. The number of hydrogen-bond acceptors (Lipinski definition) is 1. The molecule has 10 rings (SSSR count). The highest BCUT2D eigenvalue weighted by molar-refractivity contribution is 6.10. The molecule has 53 heavy (non-hydrogen) atoms. The number of aromatic nitrogens is 1. The van der Waals surface area contributed by atoms with Gasteiger partial charge in [-0.15, -0.1) is 0 Å². The van der Waals surface area contributed by atoms with Crippen LogP contribution in [-0.4, -0.2) is 4.57 Å². The molecule has 0 N–H and O–H groups in total. The summed E-state index contributed by atoms with van der Waals surface area (Å²) in [4.78, 5) is 0.400. The molecule has 9 aromatic rings. The summed E-state index contributed by atoms with van der Waals surface area (Å²) < 4.78 is 239. The van der Waals surface area contributed by atoms with Gasteiger partial charge in [0, 0.05) is 47.2 Å².